The Hall–Kier alpha value is -1.25. The molecule has 0 unspecified atom stereocenters. The van der Waals surface area contributed by atoms with Crippen molar-refractivity contribution in [2.75, 3.05) is 11.5 Å². The smallest absolute Gasteiger partial charge is 0.193 e. The molecule has 0 spiro atoms. The van der Waals surface area contributed by atoms with Crippen molar-refractivity contribution in [1.82, 2.24) is 0 Å². The third-order valence-corrected chi connectivity index (χ3v) is 3.33. The van der Waals surface area contributed by atoms with Crippen LogP contribution in [0.1, 0.15) is 0 Å². The van der Waals surface area contributed by atoms with Crippen LogP contribution in [0.3, 0.4) is 0 Å². The van der Waals surface area contributed by atoms with Crippen LogP contribution >= 0.6 is 11.6 Å². The van der Waals surface area contributed by atoms with Crippen molar-refractivity contribution in [2.45, 2.75) is 4.90 Å². The number of rotatable bonds is 2. The summed E-state index contributed by atoms with van der Waals surface area (Å²) < 4.78 is 22.9. The minimum Gasteiger partial charge on any atom is -0.398 e. The van der Waals surface area contributed by atoms with Gasteiger partial charge in [-0.15, -0.1) is 0 Å². The summed E-state index contributed by atoms with van der Waals surface area (Å²) in [5.41, 5.74) is 5.56. The number of nitrogens with two attached hydrogens (primary N) is 1. The number of nitrogen functional groups attached to an aromatic ring is 1. The molecule has 1 aromatic rings. The molecular formula is C8H7ClN2O2S. The SMILES string of the molecule is N#CCS(=O)(=O)c1cc(Cl)ccc1N. The molecule has 0 radical (unpaired) electrons. The Bertz CT molecular complexity index is 491. The molecule has 0 saturated heterocycles. The molecule has 1 aromatic carbocycles. The minimum absolute atomic E-state index is 0.0912. The fraction of sp³-hybridized carbons (Fsp3) is 0.125. The summed E-state index contributed by atoms with van der Waals surface area (Å²) in [6, 6.07) is 5.69. The molecule has 0 heterocycles. The third kappa shape index (κ3) is 2.16. The van der Waals surface area contributed by atoms with Crippen LogP contribution in [0.25, 0.3) is 0 Å². The summed E-state index contributed by atoms with van der Waals surface area (Å²) in [4.78, 5) is -0.0912. The monoisotopic (exact) mass is 230 g/mol. The van der Waals surface area contributed by atoms with Gasteiger partial charge in [-0.2, -0.15) is 5.26 Å². The molecule has 4 nitrogen and oxygen atoms in total. The summed E-state index contributed by atoms with van der Waals surface area (Å²) in [6.45, 7) is 0. The average molecular weight is 231 g/mol. The first-order valence-corrected chi connectivity index (χ1v) is 5.65. The van der Waals surface area contributed by atoms with Crippen LogP contribution < -0.4 is 5.73 Å². The van der Waals surface area contributed by atoms with E-state index in [1.807, 2.05) is 0 Å². The van der Waals surface area contributed by atoms with Gasteiger partial charge < -0.3 is 5.73 Å². The summed E-state index contributed by atoms with van der Waals surface area (Å²) in [7, 11) is -3.63. The van der Waals surface area contributed by atoms with E-state index in [4.69, 9.17) is 22.6 Å². The van der Waals surface area contributed by atoms with Crippen LogP contribution in [-0.2, 0) is 9.84 Å². The Morgan fingerprint density at radius 3 is 2.71 bits per heavy atom. The molecule has 74 valence electrons. The predicted octanol–water partition coefficient (Wildman–Crippen LogP) is 1.22. The normalized spacial score (nSPS) is 10.9. The third-order valence-electron chi connectivity index (χ3n) is 1.57. The first-order valence-electron chi connectivity index (χ1n) is 3.62. The molecule has 0 aliphatic rings. The van der Waals surface area contributed by atoms with Crippen LogP contribution in [0, 0.1) is 11.3 Å². The van der Waals surface area contributed by atoms with Crippen LogP contribution in [0.5, 0.6) is 0 Å². The van der Waals surface area contributed by atoms with Crippen LogP contribution in [0.2, 0.25) is 5.02 Å². The minimum atomic E-state index is -3.63. The Balaban J connectivity index is 3.33. The predicted molar refractivity (Wildman–Crippen MR) is 53.5 cm³/mol. The van der Waals surface area contributed by atoms with Crippen molar-refractivity contribution in [3.05, 3.63) is 23.2 Å². The Kier molecular flexibility index (Phi) is 2.99. The Morgan fingerprint density at radius 1 is 1.50 bits per heavy atom. The Morgan fingerprint density at radius 2 is 2.14 bits per heavy atom. The zero-order valence-electron chi connectivity index (χ0n) is 7.07. The molecule has 14 heavy (non-hydrogen) atoms. The summed E-state index contributed by atoms with van der Waals surface area (Å²) in [5.74, 6) is -0.600. The molecule has 6 heteroatoms. The van der Waals surface area contributed by atoms with Crippen molar-refractivity contribution >= 4 is 27.1 Å². The lowest BCUT2D eigenvalue weighted by Crippen LogP contribution is -2.07. The van der Waals surface area contributed by atoms with E-state index >= 15 is 0 Å². The van der Waals surface area contributed by atoms with Gasteiger partial charge in [-0.1, -0.05) is 11.6 Å². The topological polar surface area (TPSA) is 84.0 Å². The summed E-state index contributed by atoms with van der Waals surface area (Å²) in [6.07, 6.45) is 0. The number of sulfone groups is 1. The standard InChI is InChI=1S/C8H7ClN2O2S/c9-6-1-2-7(11)8(5-6)14(12,13)4-3-10/h1-2,5H,4,11H2. The van der Waals surface area contributed by atoms with Crippen molar-refractivity contribution in [3.63, 3.8) is 0 Å². The first-order chi connectivity index (χ1) is 6.47. The molecular weight excluding hydrogens is 224 g/mol. The number of benzene rings is 1. The van der Waals surface area contributed by atoms with Crippen molar-refractivity contribution in [1.29, 1.82) is 5.26 Å². The second-order valence-corrected chi connectivity index (χ2v) is 4.99. The second kappa shape index (κ2) is 3.86. The Labute approximate surface area is 86.8 Å². The number of anilines is 1. The highest BCUT2D eigenvalue weighted by Gasteiger charge is 2.17. The highest BCUT2D eigenvalue weighted by Crippen LogP contribution is 2.23. The van der Waals surface area contributed by atoms with E-state index in [-0.39, 0.29) is 15.6 Å². The maximum atomic E-state index is 11.4. The zero-order valence-corrected chi connectivity index (χ0v) is 8.64. The molecule has 0 bridgehead atoms. The van der Waals surface area contributed by atoms with E-state index < -0.39 is 15.6 Å². The van der Waals surface area contributed by atoms with Crippen molar-refractivity contribution < 1.29 is 8.42 Å². The molecule has 0 amide bonds. The van der Waals surface area contributed by atoms with Gasteiger partial charge in [0.25, 0.3) is 0 Å². The van der Waals surface area contributed by atoms with Gasteiger partial charge >= 0.3 is 0 Å². The van der Waals surface area contributed by atoms with E-state index in [9.17, 15) is 8.42 Å². The number of nitriles is 1. The lowest BCUT2D eigenvalue weighted by atomic mass is 10.3. The maximum absolute atomic E-state index is 11.4. The van der Waals surface area contributed by atoms with Crippen LogP contribution in [-0.4, -0.2) is 14.2 Å². The molecule has 0 aliphatic heterocycles. The molecule has 0 fully saturated rings. The van der Waals surface area contributed by atoms with Gasteiger partial charge in [0, 0.05) is 5.02 Å². The van der Waals surface area contributed by atoms with Crippen molar-refractivity contribution in [3.8, 4) is 6.07 Å². The van der Waals surface area contributed by atoms with Gasteiger partial charge in [0.05, 0.1) is 16.7 Å². The van der Waals surface area contributed by atoms with Crippen LogP contribution in [0.15, 0.2) is 23.1 Å². The van der Waals surface area contributed by atoms with Crippen molar-refractivity contribution in [2.24, 2.45) is 0 Å². The molecule has 2 N–H and O–H groups in total. The van der Waals surface area contributed by atoms with Gasteiger partial charge in [-0.3, -0.25) is 0 Å². The molecule has 1 rings (SSSR count). The number of halogens is 1. The number of hydrogen-bond acceptors (Lipinski definition) is 4. The molecule has 0 aromatic heterocycles. The van der Waals surface area contributed by atoms with E-state index in [1.54, 1.807) is 6.07 Å². The highest BCUT2D eigenvalue weighted by molar-refractivity contribution is 7.91. The zero-order chi connectivity index (χ0) is 10.8. The van der Waals surface area contributed by atoms with E-state index in [2.05, 4.69) is 0 Å². The summed E-state index contributed by atoms with van der Waals surface area (Å²) in [5, 5.41) is 8.59. The van der Waals surface area contributed by atoms with E-state index in [0.717, 1.165) is 0 Å². The maximum Gasteiger partial charge on any atom is 0.193 e. The quantitative estimate of drug-likeness (QED) is 0.775. The largest absolute Gasteiger partial charge is 0.398 e. The first kappa shape index (κ1) is 10.8. The van der Waals surface area contributed by atoms with E-state index in [1.165, 1.54) is 18.2 Å². The second-order valence-electron chi connectivity index (χ2n) is 2.60. The lowest BCUT2D eigenvalue weighted by Gasteiger charge is -2.04. The summed E-state index contributed by atoms with van der Waals surface area (Å²) >= 11 is 5.62. The number of hydrogen-bond donors (Lipinski definition) is 1. The van der Waals surface area contributed by atoms with Crippen LogP contribution in [0.4, 0.5) is 5.69 Å². The average Bonchev–Trinajstić information content (AvgIpc) is 2.09. The highest BCUT2D eigenvalue weighted by atomic mass is 35.5. The van der Waals surface area contributed by atoms with E-state index in [0.29, 0.717) is 0 Å². The fourth-order valence-corrected chi connectivity index (χ4v) is 2.24. The van der Waals surface area contributed by atoms with Gasteiger partial charge in [0.2, 0.25) is 0 Å². The van der Waals surface area contributed by atoms with Gasteiger partial charge in [-0.25, -0.2) is 8.42 Å². The lowest BCUT2D eigenvalue weighted by molar-refractivity contribution is 0.599. The van der Waals surface area contributed by atoms with Gasteiger partial charge in [-0.05, 0) is 18.2 Å². The molecule has 0 saturated carbocycles. The van der Waals surface area contributed by atoms with Gasteiger partial charge in [0.1, 0.15) is 5.75 Å². The van der Waals surface area contributed by atoms with Gasteiger partial charge in [0.15, 0.2) is 9.84 Å². The molecule has 0 atom stereocenters. The fourth-order valence-electron chi connectivity index (χ4n) is 0.940. The molecule has 0 aliphatic carbocycles. The number of nitrogens with zero attached hydrogens (tertiary/aromatic N) is 1.